The molecule has 5 nitrogen and oxygen atoms in total. The van der Waals surface area contributed by atoms with Crippen LogP contribution in [0.3, 0.4) is 0 Å². The van der Waals surface area contributed by atoms with Gasteiger partial charge < -0.3 is 10.1 Å². The Labute approximate surface area is 147 Å². The lowest BCUT2D eigenvalue weighted by Gasteiger charge is -2.17. The van der Waals surface area contributed by atoms with Gasteiger partial charge in [0, 0.05) is 12.1 Å². The van der Waals surface area contributed by atoms with E-state index in [1.807, 2.05) is 18.5 Å². The van der Waals surface area contributed by atoms with Gasteiger partial charge in [0.1, 0.15) is 6.10 Å². The normalized spacial score (nSPS) is 19.0. The van der Waals surface area contributed by atoms with Crippen LogP contribution in [0.15, 0.2) is 24.4 Å². The third-order valence-electron chi connectivity index (χ3n) is 4.46. The van der Waals surface area contributed by atoms with Gasteiger partial charge in [0.25, 0.3) is 5.91 Å². The molecule has 2 unspecified atom stereocenters. The standard InChI is InChI=1S/C19H24FN3O2/c1-5-16-14(9-21-23(16)10-11(2)3)19(24)22-17-12(4)25-18-13(17)7-6-8-15(18)20/h6-9,11-12,17H,5,10H2,1-4H3,(H,22,24). The third kappa shape index (κ3) is 3.25. The number of hydrogen-bond acceptors (Lipinski definition) is 3. The van der Waals surface area contributed by atoms with Crippen molar-refractivity contribution in [3.05, 3.63) is 47.0 Å². The van der Waals surface area contributed by atoms with E-state index in [2.05, 4.69) is 24.3 Å². The smallest absolute Gasteiger partial charge is 0.255 e. The lowest BCUT2D eigenvalue weighted by atomic mass is 10.0. The van der Waals surface area contributed by atoms with Crippen molar-refractivity contribution in [1.29, 1.82) is 0 Å². The molecule has 0 saturated heterocycles. The van der Waals surface area contributed by atoms with Gasteiger partial charge >= 0.3 is 0 Å². The molecule has 1 aliphatic rings. The number of carbonyl (C=O) groups excluding carboxylic acids is 1. The van der Waals surface area contributed by atoms with Crippen molar-refractivity contribution in [1.82, 2.24) is 15.1 Å². The van der Waals surface area contributed by atoms with Crippen LogP contribution < -0.4 is 10.1 Å². The molecular weight excluding hydrogens is 321 g/mol. The Balaban J connectivity index is 1.84. The molecule has 0 radical (unpaired) electrons. The van der Waals surface area contributed by atoms with E-state index in [4.69, 9.17) is 4.74 Å². The zero-order valence-corrected chi connectivity index (χ0v) is 15.0. The van der Waals surface area contributed by atoms with Crippen LogP contribution in [-0.2, 0) is 13.0 Å². The zero-order chi connectivity index (χ0) is 18.1. The molecule has 1 amide bonds. The molecule has 1 aromatic carbocycles. The second-order valence-electron chi connectivity index (χ2n) is 6.87. The van der Waals surface area contributed by atoms with Gasteiger partial charge in [-0.2, -0.15) is 5.10 Å². The SMILES string of the molecule is CCc1c(C(=O)NC2c3cccc(F)c3OC2C)cnn1CC(C)C. The molecule has 1 aromatic heterocycles. The number of amides is 1. The minimum atomic E-state index is -0.403. The minimum Gasteiger partial charge on any atom is -0.485 e. The summed E-state index contributed by atoms with van der Waals surface area (Å²) in [5.74, 6) is 0.0650. The fourth-order valence-corrected chi connectivity index (χ4v) is 3.29. The van der Waals surface area contributed by atoms with Crippen molar-refractivity contribution in [2.45, 2.75) is 52.8 Å². The number of fused-ring (bicyclic) bond motifs is 1. The van der Waals surface area contributed by atoms with Crippen LogP contribution in [0.25, 0.3) is 0 Å². The molecule has 25 heavy (non-hydrogen) atoms. The largest absolute Gasteiger partial charge is 0.485 e. The number of nitrogens with one attached hydrogen (secondary N) is 1. The first kappa shape index (κ1) is 17.5. The number of halogens is 1. The van der Waals surface area contributed by atoms with Gasteiger partial charge in [-0.1, -0.05) is 32.9 Å². The average molecular weight is 345 g/mol. The molecule has 0 spiro atoms. The highest BCUT2D eigenvalue weighted by Gasteiger charge is 2.35. The summed E-state index contributed by atoms with van der Waals surface area (Å²) in [6.07, 6.45) is 2.01. The molecule has 0 saturated carbocycles. The van der Waals surface area contributed by atoms with Gasteiger partial charge in [-0.15, -0.1) is 0 Å². The van der Waals surface area contributed by atoms with Crippen LogP contribution in [0, 0.1) is 11.7 Å². The number of nitrogens with zero attached hydrogens (tertiary/aromatic N) is 2. The maximum Gasteiger partial charge on any atom is 0.255 e. The zero-order valence-electron chi connectivity index (χ0n) is 15.0. The number of benzene rings is 1. The van der Waals surface area contributed by atoms with Crippen LogP contribution >= 0.6 is 0 Å². The van der Waals surface area contributed by atoms with Crippen molar-refractivity contribution in [3.8, 4) is 5.75 Å². The van der Waals surface area contributed by atoms with Crippen molar-refractivity contribution in [3.63, 3.8) is 0 Å². The average Bonchev–Trinajstić information content (AvgIpc) is 3.09. The summed E-state index contributed by atoms with van der Waals surface area (Å²) in [6.45, 7) is 8.84. The Morgan fingerprint density at radius 2 is 2.20 bits per heavy atom. The fourth-order valence-electron chi connectivity index (χ4n) is 3.29. The third-order valence-corrected chi connectivity index (χ3v) is 4.46. The van der Waals surface area contributed by atoms with E-state index in [1.165, 1.54) is 6.07 Å². The van der Waals surface area contributed by atoms with E-state index >= 15 is 0 Å². The van der Waals surface area contributed by atoms with Crippen molar-refractivity contribution in [2.24, 2.45) is 5.92 Å². The minimum absolute atomic E-state index is 0.204. The fraction of sp³-hybridized carbons (Fsp3) is 0.474. The van der Waals surface area contributed by atoms with E-state index in [1.54, 1.807) is 18.3 Å². The van der Waals surface area contributed by atoms with Gasteiger partial charge in [0.15, 0.2) is 11.6 Å². The second-order valence-corrected chi connectivity index (χ2v) is 6.87. The Bertz CT molecular complexity index is 785. The molecule has 1 N–H and O–H groups in total. The highest BCUT2D eigenvalue weighted by Crippen LogP contribution is 2.38. The summed E-state index contributed by atoms with van der Waals surface area (Å²) < 4.78 is 21.4. The van der Waals surface area contributed by atoms with Crippen molar-refractivity contribution >= 4 is 5.91 Å². The maximum atomic E-state index is 13.9. The number of para-hydroxylation sites is 1. The van der Waals surface area contributed by atoms with Crippen LogP contribution in [0.1, 0.15) is 55.4 Å². The molecule has 2 atom stereocenters. The van der Waals surface area contributed by atoms with Crippen molar-refractivity contribution < 1.29 is 13.9 Å². The monoisotopic (exact) mass is 345 g/mol. The molecule has 1 aliphatic heterocycles. The summed E-state index contributed by atoms with van der Waals surface area (Å²) in [6, 6.07) is 4.40. The summed E-state index contributed by atoms with van der Waals surface area (Å²) >= 11 is 0. The highest BCUT2D eigenvalue weighted by atomic mass is 19.1. The van der Waals surface area contributed by atoms with E-state index < -0.39 is 5.82 Å². The van der Waals surface area contributed by atoms with Crippen LogP contribution in [0.4, 0.5) is 4.39 Å². The Morgan fingerprint density at radius 3 is 2.88 bits per heavy atom. The summed E-state index contributed by atoms with van der Waals surface area (Å²) in [5, 5.41) is 7.35. The van der Waals surface area contributed by atoms with E-state index in [9.17, 15) is 9.18 Å². The van der Waals surface area contributed by atoms with E-state index in [-0.39, 0.29) is 23.8 Å². The van der Waals surface area contributed by atoms with Crippen LogP contribution in [0.2, 0.25) is 0 Å². The molecule has 6 heteroatoms. The maximum absolute atomic E-state index is 13.9. The first-order chi connectivity index (χ1) is 11.9. The highest BCUT2D eigenvalue weighted by molar-refractivity contribution is 5.95. The molecule has 2 aromatic rings. The summed E-state index contributed by atoms with van der Waals surface area (Å²) in [5.41, 5.74) is 2.16. The Kier molecular flexibility index (Phi) is 4.79. The molecule has 2 heterocycles. The van der Waals surface area contributed by atoms with E-state index in [0.29, 0.717) is 17.0 Å². The number of aromatic nitrogens is 2. The number of hydrogen-bond donors (Lipinski definition) is 1. The lowest BCUT2D eigenvalue weighted by molar-refractivity contribution is 0.0906. The van der Waals surface area contributed by atoms with Gasteiger partial charge in [0.05, 0.1) is 23.5 Å². The Morgan fingerprint density at radius 1 is 1.44 bits per heavy atom. The predicted octanol–water partition coefficient (Wildman–Crippen LogP) is 3.49. The molecule has 0 fully saturated rings. The first-order valence-corrected chi connectivity index (χ1v) is 8.73. The quantitative estimate of drug-likeness (QED) is 0.902. The van der Waals surface area contributed by atoms with Gasteiger partial charge in [-0.25, -0.2) is 4.39 Å². The van der Waals surface area contributed by atoms with Gasteiger partial charge in [-0.3, -0.25) is 9.48 Å². The molecule has 0 bridgehead atoms. The van der Waals surface area contributed by atoms with Crippen LogP contribution in [-0.4, -0.2) is 21.8 Å². The number of rotatable bonds is 5. The van der Waals surface area contributed by atoms with Crippen molar-refractivity contribution in [2.75, 3.05) is 0 Å². The molecule has 134 valence electrons. The van der Waals surface area contributed by atoms with Crippen LogP contribution in [0.5, 0.6) is 5.75 Å². The summed E-state index contributed by atoms with van der Waals surface area (Å²) in [4.78, 5) is 12.8. The van der Waals surface area contributed by atoms with E-state index in [0.717, 1.165) is 18.7 Å². The van der Waals surface area contributed by atoms with Gasteiger partial charge in [0.2, 0.25) is 0 Å². The molecule has 0 aliphatic carbocycles. The van der Waals surface area contributed by atoms with Gasteiger partial charge in [-0.05, 0) is 25.3 Å². The first-order valence-electron chi connectivity index (χ1n) is 8.73. The summed E-state index contributed by atoms with van der Waals surface area (Å²) in [7, 11) is 0. The second kappa shape index (κ2) is 6.86. The predicted molar refractivity (Wildman–Crippen MR) is 93.1 cm³/mol. The molecular formula is C19H24FN3O2. The number of ether oxygens (including phenoxy) is 1. The lowest BCUT2D eigenvalue weighted by Crippen LogP contribution is -2.34. The Hall–Kier alpha value is -2.37. The molecule has 3 rings (SSSR count). The number of carbonyl (C=O) groups is 1. The topological polar surface area (TPSA) is 56.1 Å².